The van der Waals surface area contributed by atoms with Crippen molar-refractivity contribution in [3.8, 4) is 5.75 Å². The van der Waals surface area contributed by atoms with E-state index >= 15 is 0 Å². The van der Waals surface area contributed by atoms with Gasteiger partial charge in [0.05, 0.1) is 22.9 Å². The molecule has 2 N–H and O–H groups in total. The number of hydrogen-bond donors (Lipinski definition) is 2. The van der Waals surface area contributed by atoms with Crippen molar-refractivity contribution in [3.63, 3.8) is 0 Å². The van der Waals surface area contributed by atoms with Crippen molar-refractivity contribution in [2.24, 2.45) is 0 Å². The van der Waals surface area contributed by atoms with E-state index in [1.807, 2.05) is 23.3 Å². The summed E-state index contributed by atoms with van der Waals surface area (Å²) < 4.78 is 70.7. The average Bonchev–Trinajstić information content (AvgIpc) is 2.66. The molecule has 0 aromatic heterocycles. The van der Waals surface area contributed by atoms with Crippen molar-refractivity contribution in [3.05, 3.63) is 53.8 Å². The lowest BCUT2D eigenvalue weighted by Gasteiger charge is -2.15. The molecule has 0 fully saturated rings. The number of sulfonamides is 2. The van der Waals surface area contributed by atoms with E-state index in [4.69, 9.17) is 4.74 Å². The topological polar surface area (TPSA) is 119 Å². The Labute approximate surface area is 175 Å². The zero-order chi connectivity index (χ0) is 22.5. The van der Waals surface area contributed by atoms with Gasteiger partial charge < -0.3 is 4.74 Å². The number of carbonyl (C=O) groups is 1. The fourth-order valence-corrected chi connectivity index (χ4v) is 4.07. The van der Waals surface area contributed by atoms with Crippen molar-refractivity contribution >= 4 is 31.6 Å². The van der Waals surface area contributed by atoms with Gasteiger partial charge in [0.25, 0.3) is 15.9 Å². The summed E-state index contributed by atoms with van der Waals surface area (Å²) in [5.41, 5.74) is -0.331. The molecule has 0 aliphatic carbocycles. The molecule has 0 heterocycles. The zero-order valence-electron chi connectivity index (χ0n) is 16.7. The van der Waals surface area contributed by atoms with E-state index < -0.39 is 42.4 Å². The van der Waals surface area contributed by atoms with Crippen LogP contribution in [0.25, 0.3) is 0 Å². The van der Waals surface area contributed by atoms with E-state index in [2.05, 4.69) is 0 Å². The standard InChI is InChI=1S/C19H23FN2O6S2/c1-4-14(5-2)28-15-8-6-13(7-9-15)19(23)22-30(26,27)16-10-11-18(17(20)12-16)21-29(3,24)25/h6-12,14,21H,4-5H2,1-3H3,(H,22,23). The van der Waals surface area contributed by atoms with E-state index in [0.717, 1.165) is 31.2 Å². The highest BCUT2D eigenvalue weighted by molar-refractivity contribution is 7.92. The molecule has 0 saturated heterocycles. The molecule has 0 saturated carbocycles. The SMILES string of the molecule is CCC(CC)Oc1ccc(C(=O)NS(=O)(=O)c2ccc(NS(C)(=O)=O)c(F)c2)cc1. The predicted molar refractivity (Wildman–Crippen MR) is 111 cm³/mol. The van der Waals surface area contributed by atoms with Crippen LogP contribution in [0.1, 0.15) is 37.0 Å². The molecule has 1 amide bonds. The number of hydrogen-bond acceptors (Lipinski definition) is 6. The Kier molecular flexibility index (Phi) is 7.43. The van der Waals surface area contributed by atoms with Crippen LogP contribution in [0.3, 0.4) is 0 Å². The summed E-state index contributed by atoms with van der Waals surface area (Å²) >= 11 is 0. The fraction of sp³-hybridized carbons (Fsp3) is 0.316. The predicted octanol–water partition coefficient (Wildman–Crippen LogP) is 2.88. The average molecular weight is 459 g/mol. The quantitative estimate of drug-likeness (QED) is 0.596. The molecule has 0 bridgehead atoms. The Morgan fingerprint density at radius 1 is 1.03 bits per heavy atom. The highest BCUT2D eigenvalue weighted by atomic mass is 32.2. The van der Waals surface area contributed by atoms with Crippen LogP contribution in [0.15, 0.2) is 47.4 Å². The number of rotatable bonds is 9. The van der Waals surface area contributed by atoms with E-state index in [-0.39, 0.29) is 11.7 Å². The summed E-state index contributed by atoms with van der Waals surface area (Å²) in [6, 6.07) is 8.52. The van der Waals surface area contributed by atoms with Gasteiger partial charge in [0.15, 0.2) is 0 Å². The van der Waals surface area contributed by atoms with Gasteiger partial charge in [-0.3, -0.25) is 9.52 Å². The third-order valence-corrected chi connectivity index (χ3v) is 6.02. The summed E-state index contributed by atoms with van der Waals surface area (Å²) in [6.07, 6.45) is 2.52. The molecule has 0 unspecified atom stereocenters. The van der Waals surface area contributed by atoms with Crippen LogP contribution in [0.2, 0.25) is 0 Å². The largest absolute Gasteiger partial charge is 0.490 e. The fourth-order valence-electron chi connectivity index (χ4n) is 2.52. The van der Waals surface area contributed by atoms with E-state index in [1.165, 1.54) is 12.1 Å². The van der Waals surface area contributed by atoms with Gasteiger partial charge in [-0.1, -0.05) is 13.8 Å². The third-order valence-electron chi connectivity index (χ3n) is 4.10. The minimum absolute atomic E-state index is 0.0418. The first-order valence-corrected chi connectivity index (χ1v) is 12.4. The van der Waals surface area contributed by atoms with Gasteiger partial charge in [0.1, 0.15) is 11.6 Å². The lowest BCUT2D eigenvalue weighted by Crippen LogP contribution is -2.30. The first kappa shape index (κ1) is 23.6. The highest BCUT2D eigenvalue weighted by Crippen LogP contribution is 2.21. The lowest BCUT2D eigenvalue weighted by molar-refractivity contribution is 0.0981. The maximum Gasteiger partial charge on any atom is 0.265 e. The summed E-state index contributed by atoms with van der Waals surface area (Å²) in [7, 11) is -8.11. The Morgan fingerprint density at radius 2 is 1.63 bits per heavy atom. The van der Waals surface area contributed by atoms with Crippen LogP contribution in [0.4, 0.5) is 10.1 Å². The van der Waals surface area contributed by atoms with Gasteiger partial charge >= 0.3 is 0 Å². The molecule has 11 heteroatoms. The van der Waals surface area contributed by atoms with Gasteiger partial charge in [-0.25, -0.2) is 25.9 Å². The van der Waals surface area contributed by atoms with Crippen molar-refractivity contribution < 1.29 is 30.8 Å². The van der Waals surface area contributed by atoms with Crippen LogP contribution >= 0.6 is 0 Å². The maximum absolute atomic E-state index is 14.1. The normalized spacial score (nSPS) is 11.9. The third kappa shape index (κ3) is 6.42. The number of benzene rings is 2. The summed E-state index contributed by atoms with van der Waals surface area (Å²) in [5, 5.41) is 0. The monoisotopic (exact) mass is 458 g/mol. The minimum atomic E-state index is -4.38. The van der Waals surface area contributed by atoms with Gasteiger partial charge in [-0.2, -0.15) is 0 Å². The zero-order valence-corrected chi connectivity index (χ0v) is 18.3. The molecule has 0 aliphatic rings. The Bertz CT molecular complexity index is 1110. The molecule has 2 aromatic carbocycles. The van der Waals surface area contributed by atoms with Crippen molar-refractivity contribution in [2.45, 2.75) is 37.7 Å². The Balaban J connectivity index is 2.15. The summed E-state index contributed by atoms with van der Waals surface area (Å²) in [5.74, 6) is -1.44. The van der Waals surface area contributed by atoms with Crippen LogP contribution in [0.5, 0.6) is 5.75 Å². The van der Waals surface area contributed by atoms with Crippen molar-refractivity contribution in [2.75, 3.05) is 11.0 Å². The number of ether oxygens (including phenoxy) is 1. The van der Waals surface area contributed by atoms with Gasteiger partial charge in [0.2, 0.25) is 10.0 Å². The number of amides is 1. The number of halogens is 1. The second kappa shape index (κ2) is 9.43. The molecule has 0 spiro atoms. The summed E-state index contributed by atoms with van der Waals surface area (Å²) in [6.45, 7) is 3.99. The minimum Gasteiger partial charge on any atom is -0.490 e. The molecule has 2 aromatic rings. The molecular weight excluding hydrogens is 435 g/mol. The number of anilines is 1. The van der Waals surface area contributed by atoms with Gasteiger partial charge in [0, 0.05) is 5.56 Å². The van der Waals surface area contributed by atoms with Crippen LogP contribution in [-0.4, -0.2) is 35.1 Å². The molecule has 0 aliphatic heterocycles. The van der Waals surface area contributed by atoms with Gasteiger partial charge in [-0.05, 0) is 55.3 Å². The number of carbonyl (C=O) groups excluding carboxylic acids is 1. The second-order valence-electron chi connectivity index (χ2n) is 6.53. The van der Waals surface area contributed by atoms with Crippen LogP contribution in [-0.2, 0) is 20.0 Å². The molecule has 30 heavy (non-hydrogen) atoms. The lowest BCUT2D eigenvalue weighted by atomic mass is 10.2. The van der Waals surface area contributed by atoms with Crippen molar-refractivity contribution in [1.29, 1.82) is 0 Å². The Hall–Kier alpha value is -2.66. The second-order valence-corrected chi connectivity index (χ2v) is 9.96. The van der Waals surface area contributed by atoms with Crippen LogP contribution in [0, 0.1) is 5.82 Å². The molecule has 0 atom stereocenters. The summed E-state index contributed by atoms with van der Waals surface area (Å²) in [4.78, 5) is 11.8. The van der Waals surface area contributed by atoms with Gasteiger partial charge in [-0.15, -0.1) is 0 Å². The molecule has 8 nitrogen and oxygen atoms in total. The van der Waals surface area contributed by atoms with Crippen molar-refractivity contribution in [1.82, 2.24) is 4.72 Å². The van der Waals surface area contributed by atoms with E-state index in [9.17, 15) is 26.0 Å². The molecule has 0 radical (unpaired) electrons. The van der Waals surface area contributed by atoms with Crippen LogP contribution < -0.4 is 14.2 Å². The van der Waals surface area contributed by atoms with E-state index in [0.29, 0.717) is 11.8 Å². The first-order valence-electron chi connectivity index (χ1n) is 9.06. The number of nitrogens with one attached hydrogen (secondary N) is 2. The molecular formula is C19H23FN2O6S2. The van der Waals surface area contributed by atoms with E-state index in [1.54, 1.807) is 12.1 Å². The molecule has 164 valence electrons. The first-order chi connectivity index (χ1) is 13.9. The maximum atomic E-state index is 14.1. The molecule has 2 rings (SSSR count). The Morgan fingerprint density at radius 3 is 2.13 bits per heavy atom. The smallest absolute Gasteiger partial charge is 0.265 e. The highest BCUT2D eigenvalue weighted by Gasteiger charge is 2.21.